The van der Waals surface area contributed by atoms with Gasteiger partial charge in [0.25, 0.3) is 0 Å². The quantitative estimate of drug-likeness (QED) is 0.909. The third kappa shape index (κ3) is 4.02. The lowest BCUT2D eigenvalue weighted by Gasteiger charge is -2.36. The smallest absolute Gasteiger partial charge is 0.303 e. The van der Waals surface area contributed by atoms with Gasteiger partial charge in [0.05, 0.1) is 6.42 Å². The van der Waals surface area contributed by atoms with E-state index < -0.39 is 17.6 Å². The average Bonchev–Trinajstić information content (AvgIpc) is 2.49. The summed E-state index contributed by atoms with van der Waals surface area (Å²) in [6, 6.07) is 3.36. The number of nitrogens with zero attached hydrogens (tertiary/aromatic N) is 1. The van der Waals surface area contributed by atoms with Gasteiger partial charge in [-0.3, -0.25) is 9.59 Å². The molecular formula is C16H19F2NO3. The molecule has 2 rings (SSSR count). The molecule has 1 fully saturated rings. The molecule has 4 nitrogen and oxygen atoms in total. The molecule has 1 amide bonds. The van der Waals surface area contributed by atoms with E-state index in [1.54, 1.807) is 4.90 Å². The summed E-state index contributed by atoms with van der Waals surface area (Å²) in [4.78, 5) is 24.7. The molecule has 1 heterocycles. The number of rotatable bonds is 5. The monoisotopic (exact) mass is 311 g/mol. The largest absolute Gasteiger partial charge is 0.481 e. The maximum Gasteiger partial charge on any atom is 0.303 e. The topological polar surface area (TPSA) is 57.6 Å². The van der Waals surface area contributed by atoms with Crippen LogP contribution in [0.2, 0.25) is 0 Å². The second-order valence-corrected chi connectivity index (χ2v) is 5.55. The van der Waals surface area contributed by atoms with Crippen molar-refractivity contribution < 1.29 is 23.5 Å². The minimum atomic E-state index is -0.905. The molecule has 0 bridgehead atoms. The molecule has 120 valence electrons. The zero-order valence-corrected chi connectivity index (χ0v) is 12.2. The minimum Gasteiger partial charge on any atom is -0.481 e. The summed E-state index contributed by atoms with van der Waals surface area (Å²) in [6.07, 6.45) is 2.53. The van der Waals surface area contributed by atoms with Crippen molar-refractivity contribution in [1.29, 1.82) is 0 Å². The number of amides is 1. The third-order valence-corrected chi connectivity index (χ3v) is 4.03. The van der Waals surface area contributed by atoms with Crippen LogP contribution >= 0.6 is 0 Å². The fourth-order valence-electron chi connectivity index (χ4n) is 2.87. The van der Waals surface area contributed by atoms with Crippen LogP contribution in [-0.2, 0) is 16.0 Å². The van der Waals surface area contributed by atoms with Gasteiger partial charge in [0, 0.05) is 24.6 Å². The first-order chi connectivity index (χ1) is 10.5. The maximum atomic E-state index is 13.6. The van der Waals surface area contributed by atoms with E-state index in [4.69, 9.17) is 5.11 Å². The van der Waals surface area contributed by atoms with Gasteiger partial charge < -0.3 is 10.0 Å². The molecule has 6 heteroatoms. The Morgan fingerprint density at radius 1 is 1.23 bits per heavy atom. The molecule has 1 saturated heterocycles. The van der Waals surface area contributed by atoms with Crippen molar-refractivity contribution in [3.05, 3.63) is 35.4 Å². The van der Waals surface area contributed by atoms with E-state index in [0.717, 1.165) is 31.4 Å². The van der Waals surface area contributed by atoms with Crippen LogP contribution in [0, 0.1) is 11.6 Å². The Hall–Kier alpha value is -1.98. The fraction of sp³-hybridized carbons (Fsp3) is 0.500. The van der Waals surface area contributed by atoms with Crippen LogP contribution in [0.3, 0.4) is 0 Å². The summed E-state index contributed by atoms with van der Waals surface area (Å²) in [6.45, 7) is 0.513. The summed E-state index contributed by atoms with van der Waals surface area (Å²) in [7, 11) is 0. The van der Waals surface area contributed by atoms with Gasteiger partial charge in [0.2, 0.25) is 5.91 Å². The van der Waals surface area contributed by atoms with Crippen molar-refractivity contribution in [2.75, 3.05) is 6.54 Å². The lowest BCUT2D eigenvalue weighted by atomic mass is 9.97. The van der Waals surface area contributed by atoms with Gasteiger partial charge in [-0.1, -0.05) is 6.07 Å². The van der Waals surface area contributed by atoms with E-state index in [1.165, 1.54) is 6.07 Å². The molecule has 0 aliphatic carbocycles. The lowest BCUT2D eigenvalue weighted by molar-refractivity contribution is -0.139. The highest BCUT2D eigenvalue weighted by molar-refractivity contribution is 5.79. The van der Waals surface area contributed by atoms with Crippen LogP contribution in [0.1, 0.15) is 37.7 Å². The first-order valence-electron chi connectivity index (χ1n) is 7.43. The van der Waals surface area contributed by atoms with Gasteiger partial charge in [-0.2, -0.15) is 0 Å². The minimum absolute atomic E-state index is 0.0114. The predicted molar refractivity (Wildman–Crippen MR) is 76.3 cm³/mol. The summed E-state index contributed by atoms with van der Waals surface area (Å²) in [5.41, 5.74) is -0.227. The lowest BCUT2D eigenvalue weighted by Crippen LogP contribution is -2.44. The zero-order valence-electron chi connectivity index (χ0n) is 12.2. The van der Waals surface area contributed by atoms with Crippen molar-refractivity contribution in [2.45, 2.75) is 44.6 Å². The Balaban J connectivity index is 2.07. The SMILES string of the molecule is O=C(O)CC[C@H]1CCCCN1C(=O)Cc1c(F)cccc1F. The third-order valence-electron chi connectivity index (χ3n) is 4.03. The number of hydrogen-bond acceptors (Lipinski definition) is 2. The average molecular weight is 311 g/mol. The van der Waals surface area contributed by atoms with Crippen LogP contribution in [0.25, 0.3) is 0 Å². The Morgan fingerprint density at radius 2 is 1.91 bits per heavy atom. The number of carboxylic acid groups (broad SMARTS) is 1. The molecule has 22 heavy (non-hydrogen) atoms. The van der Waals surface area contributed by atoms with Gasteiger partial charge in [-0.25, -0.2) is 8.78 Å². The maximum absolute atomic E-state index is 13.6. The molecule has 1 aromatic rings. The van der Waals surface area contributed by atoms with Crippen LogP contribution in [-0.4, -0.2) is 34.5 Å². The number of carboxylic acids is 1. The zero-order chi connectivity index (χ0) is 16.1. The van der Waals surface area contributed by atoms with E-state index in [-0.39, 0.29) is 30.4 Å². The molecule has 0 aromatic heterocycles. The van der Waals surface area contributed by atoms with Crippen molar-refractivity contribution in [3.8, 4) is 0 Å². The first kappa shape index (κ1) is 16.4. The Kier molecular flexibility index (Phi) is 5.46. The standard InChI is InChI=1S/C16H19F2NO3/c17-13-5-3-6-14(18)12(13)10-15(20)19-9-2-1-4-11(19)7-8-16(21)22/h3,5-6,11H,1-2,4,7-10H2,(H,21,22)/t11-/m1/s1. The highest BCUT2D eigenvalue weighted by Crippen LogP contribution is 2.23. The van der Waals surface area contributed by atoms with Crippen molar-refractivity contribution in [3.63, 3.8) is 0 Å². The Bertz CT molecular complexity index is 542. The van der Waals surface area contributed by atoms with Crippen molar-refractivity contribution in [1.82, 2.24) is 4.90 Å². The molecule has 0 spiro atoms. The number of likely N-dealkylation sites (tertiary alicyclic amines) is 1. The van der Waals surface area contributed by atoms with Crippen molar-refractivity contribution in [2.24, 2.45) is 0 Å². The van der Waals surface area contributed by atoms with Gasteiger partial charge in [0.15, 0.2) is 0 Å². The van der Waals surface area contributed by atoms with Crippen LogP contribution < -0.4 is 0 Å². The van der Waals surface area contributed by atoms with Gasteiger partial charge in [-0.05, 0) is 37.8 Å². The van der Waals surface area contributed by atoms with E-state index in [1.807, 2.05) is 0 Å². The summed E-state index contributed by atoms with van der Waals surface area (Å²) < 4.78 is 27.3. The Morgan fingerprint density at radius 3 is 2.55 bits per heavy atom. The van der Waals surface area contributed by atoms with Crippen LogP contribution in [0.4, 0.5) is 8.78 Å². The summed E-state index contributed by atoms with van der Waals surface area (Å²) in [5, 5.41) is 8.77. The van der Waals surface area contributed by atoms with Crippen molar-refractivity contribution >= 4 is 11.9 Å². The second-order valence-electron chi connectivity index (χ2n) is 5.55. The van der Waals surface area contributed by atoms with E-state index >= 15 is 0 Å². The molecule has 1 atom stereocenters. The molecule has 1 aliphatic heterocycles. The summed E-state index contributed by atoms with van der Waals surface area (Å²) in [5.74, 6) is -2.71. The van der Waals surface area contributed by atoms with Gasteiger partial charge >= 0.3 is 5.97 Å². The number of hydrogen-bond donors (Lipinski definition) is 1. The number of piperidine rings is 1. The van der Waals surface area contributed by atoms with E-state index in [9.17, 15) is 18.4 Å². The normalized spacial score (nSPS) is 18.3. The highest BCUT2D eigenvalue weighted by atomic mass is 19.1. The first-order valence-corrected chi connectivity index (χ1v) is 7.43. The number of carbonyl (C=O) groups excluding carboxylic acids is 1. The molecule has 0 radical (unpaired) electrons. The number of benzene rings is 1. The van der Waals surface area contributed by atoms with Crippen LogP contribution in [0.5, 0.6) is 0 Å². The van der Waals surface area contributed by atoms with E-state index in [0.29, 0.717) is 13.0 Å². The molecule has 0 unspecified atom stereocenters. The van der Waals surface area contributed by atoms with Gasteiger partial charge in [-0.15, -0.1) is 0 Å². The molecular weight excluding hydrogens is 292 g/mol. The Labute approximate surface area is 127 Å². The second kappa shape index (κ2) is 7.33. The summed E-state index contributed by atoms with van der Waals surface area (Å²) >= 11 is 0. The number of halogens is 2. The molecule has 1 aliphatic rings. The van der Waals surface area contributed by atoms with Gasteiger partial charge in [0.1, 0.15) is 11.6 Å². The fourth-order valence-corrected chi connectivity index (χ4v) is 2.87. The van der Waals surface area contributed by atoms with Crippen LogP contribution in [0.15, 0.2) is 18.2 Å². The predicted octanol–water partition coefficient (Wildman–Crippen LogP) is 2.75. The number of aliphatic carboxylic acids is 1. The molecule has 1 N–H and O–H groups in total. The molecule has 0 saturated carbocycles. The number of carbonyl (C=O) groups is 2. The molecule has 1 aromatic carbocycles. The highest BCUT2D eigenvalue weighted by Gasteiger charge is 2.28. The van der Waals surface area contributed by atoms with E-state index in [2.05, 4.69) is 0 Å².